The maximum atomic E-state index is 12.2. The van der Waals surface area contributed by atoms with Gasteiger partial charge in [0.15, 0.2) is 11.0 Å². The second-order valence-electron chi connectivity index (χ2n) is 7.30. The molecule has 0 aliphatic heterocycles. The zero-order valence-corrected chi connectivity index (χ0v) is 17.3. The Morgan fingerprint density at radius 1 is 1.11 bits per heavy atom. The molecular formula is C21H24N4O2S. The molecule has 0 fully saturated rings. The van der Waals surface area contributed by atoms with Crippen molar-refractivity contribution in [1.29, 1.82) is 0 Å². The lowest BCUT2D eigenvalue weighted by molar-refractivity contribution is -0.119. The number of hydrogen-bond acceptors (Lipinski definition) is 5. The van der Waals surface area contributed by atoms with Gasteiger partial charge in [-0.25, -0.2) is 0 Å². The third kappa shape index (κ3) is 4.92. The molecule has 0 saturated carbocycles. The minimum absolute atomic E-state index is 0.0388. The number of amides is 1. The van der Waals surface area contributed by atoms with E-state index in [1.165, 1.54) is 11.8 Å². The fourth-order valence-corrected chi connectivity index (χ4v) is 3.46. The molecule has 0 aliphatic carbocycles. The van der Waals surface area contributed by atoms with Crippen LogP contribution in [0.5, 0.6) is 5.75 Å². The van der Waals surface area contributed by atoms with Gasteiger partial charge >= 0.3 is 0 Å². The molecule has 6 nitrogen and oxygen atoms in total. The third-order valence-electron chi connectivity index (χ3n) is 3.82. The highest BCUT2D eigenvalue weighted by atomic mass is 32.2. The fourth-order valence-electron chi connectivity index (χ4n) is 2.71. The predicted octanol–water partition coefficient (Wildman–Crippen LogP) is 3.95. The van der Waals surface area contributed by atoms with Crippen LogP contribution in [0.2, 0.25) is 0 Å². The Morgan fingerprint density at radius 2 is 1.86 bits per heavy atom. The van der Waals surface area contributed by atoms with Gasteiger partial charge in [0.05, 0.1) is 12.9 Å². The van der Waals surface area contributed by atoms with Crippen LogP contribution in [0.1, 0.15) is 20.8 Å². The number of ether oxygens (including phenoxy) is 1. The first kappa shape index (κ1) is 19.9. The van der Waals surface area contributed by atoms with Gasteiger partial charge in [0.2, 0.25) is 5.91 Å². The highest BCUT2D eigenvalue weighted by Gasteiger charge is 2.19. The van der Waals surface area contributed by atoms with Gasteiger partial charge in [-0.15, -0.1) is 10.2 Å². The summed E-state index contributed by atoms with van der Waals surface area (Å²) < 4.78 is 7.30. The van der Waals surface area contributed by atoms with Crippen LogP contribution in [0.15, 0.2) is 59.8 Å². The summed E-state index contributed by atoms with van der Waals surface area (Å²) in [7, 11) is 1.64. The molecular weight excluding hydrogens is 372 g/mol. The van der Waals surface area contributed by atoms with Crippen LogP contribution in [0.3, 0.4) is 0 Å². The van der Waals surface area contributed by atoms with Gasteiger partial charge in [-0.1, -0.05) is 42.1 Å². The van der Waals surface area contributed by atoms with E-state index < -0.39 is 0 Å². The zero-order chi connectivity index (χ0) is 20.1. The van der Waals surface area contributed by atoms with E-state index in [4.69, 9.17) is 4.74 Å². The largest absolute Gasteiger partial charge is 0.497 e. The first-order chi connectivity index (χ1) is 13.4. The van der Waals surface area contributed by atoms with Crippen LogP contribution in [0.25, 0.3) is 17.1 Å². The van der Waals surface area contributed by atoms with Gasteiger partial charge in [-0.05, 0) is 45.0 Å². The molecule has 0 spiro atoms. The van der Waals surface area contributed by atoms with Crippen molar-refractivity contribution in [2.24, 2.45) is 0 Å². The van der Waals surface area contributed by atoms with Crippen LogP contribution < -0.4 is 10.1 Å². The Hall–Kier alpha value is -2.80. The van der Waals surface area contributed by atoms with E-state index in [0.29, 0.717) is 11.0 Å². The number of thioether (sulfide) groups is 1. The van der Waals surface area contributed by atoms with Crippen molar-refractivity contribution in [3.05, 3.63) is 54.6 Å². The number of methoxy groups -OCH3 is 1. The summed E-state index contributed by atoms with van der Waals surface area (Å²) in [4.78, 5) is 12.2. The van der Waals surface area contributed by atoms with E-state index in [9.17, 15) is 4.79 Å². The minimum Gasteiger partial charge on any atom is -0.497 e. The van der Waals surface area contributed by atoms with Crippen molar-refractivity contribution < 1.29 is 9.53 Å². The molecule has 1 aromatic heterocycles. The molecule has 1 heterocycles. The maximum absolute atomic E-state index is 12.2. The Labute approximate surface area is 169 Å². The molecule has 0 atom stereocenters. The Bertz CT molecular complexity index is 949. The van der Waals surface area contributed by atoms with Gasteiger partial charge in [0.1, 0.15) is 5.75 Å². The Balaban J connectivity index is 1.95. The van der Waals surface area contributed by atoms with E-state index >= 15 is 0 Å². The van der Waals surface area contributed by atoms with Crippen molar-refractivity contribution in [1.82, 2.24) is 20.1 Å². The molecule has 0 aliphatic rings. The molecule has 1 amide bonds. The molecule has 28 heavy (non-hydrogen) atoms. The first-order valence-electron chi connectivity index (χ1n) is 8.96. The lowest BCUT2D eigenvalue weighted by Crippen LogP contribution is -2.41. The fraction of sp³-hybridized carbons (Fsp3) is 0.286. The van der Waals surface area contributed by atoms with Crippen LogP contribution in [-0.4, -0.2) is 39.1 Å². The number of carbonyl (C=O) groups is 1. The van der Waals surface area contributed by atoms with E-state index in [1.54, 1.807) is 7.11 Å². The monoisotopic (exact) mass is 396 g/mol. The second-order valence-corrected chi connectivity index (χ2v) is 8.24. The average Bonchev–Trinajstić information content (AvgIpc) is 3.10. The van der Waals surface area contributed by atoms with Crippen LogP contribution >= 0.6 is 11.8 Å². The topological polar surface area (TPSA) is 69.0 Å². The van der Waals surface area contributed by atoms with Gasteiger partial charge in [-0.2, -0.15) is 0 Å². The number of nitrogens with zero attached hydrogens (tertiary/aromatic N) is 3. The number of rotatable bonds is 6. The summed E-state index contributed by atoms with van der Waals surface area (Å²) >= 11 is 1.36. The second kappa shape index (κ2) is 8.48. The molecule has 0 saturated heterocycles. The van der Waals surface area contributed by atoms with E-state index in [0.717, 1.165) is 17.0 Å². The average molecular weight is 397 g/mol. The highest BCUT2D eigenvalue weighted by Crippen LogP contribution is 2.29. The summed E-state index contributed by atoms with van der Waals surface area (Å²) in [6.07, 6.45) is 0. The van der Waals surface area contributed by atoms with Crippen LogP contribution in [-0.2, 0) is 4.79 Å². The lowest BCUT2D eigenvalue weighted by Gasteiger charge is -2.20. The maximum Gasteiger partial charge on any atom is 0.230 e. The van der Waals surface area contributed by atoms with Gasteiger partial charge in [-0.3, -0.25) is 9.36 Å². The van der Waals surface area contributed by atoms with Gasteiger partial charge in [0.25, 0.3) is 0 Å². The molecule has 7 heteroatoms. The van der Waals surface area contributed by atoms with Crippen molar-refractivity contribution in [2.45, 2.75) is 31.5 Å². The summed E-state index contributed by atoms with van der Waals surface area (Å²) in [5.41, 5.74) is 1.56. The van der Waals surface area contributed by atoms with Crippen molar-refractivity contribution in [3.63, 3.8) is 0 Å². The van der Waals surface area contributed by atoms with Crippen molar-refractivity contribution in [3.8, 4) is 22.8 Å². The Morgan fingerprint density at radius 3 is 2.54 bits per heavy atom. The molecule has 146 valence electrons. The zero-order valence-electron chi connectivity index (χ0n) is 16.5. The number of nitrogens with one attached hydrogen (secondary N) is 1. The number of carbonyl (C=O) groups excluding carboxylic acids is 1. The third-order valence-corrected chi connectivity index (χ3v) is 4.75. The molecule has 0 bridgehead atoms. The summed E-state index contributed by atoms with van der Waals surface area (Å²) in [6.45, 7) is 5.88. The van der Waals surface area contributed by atoms with Gasteiger partial charge < -0.3 is 10.1 Å². The van der Waals surface area contributed by atoms with E-state index in [-0.39, 0.29) is 17.2 Å². The van der Waals surface area contributed by atoms with E-state index in [1.807, 2.05) is 79.9 Å². The minimum atomic E-state index is -0.267. The predicted molar refractivity (Wildman–Crippen MR) is 112 cm³/mol. The molecule has 2 aromatic carbocycles. The smallest absolute Gasteiger partial charge is 0.230 e. The molecule has 0 radical (unpaired) electrons. The van der Waals surface area contributed by atoms with E-state index in [2.05, 4.69) is 15.5 Å². The lowest BCUT2D eigenvalue weighted by atomic mass is 10.1. The van der Waals surface area contributed by atoms with Crippen LogP contribution in [0.4, 0.5) is 0 Å². The number of hydrogen-bond donors (Lipinski definition) is 1. The summed E-state index contributed by atoms with van der Waals surface area (Å²) in [5, 5.41) is 12.4. The number of para-hydroxylation sites is 1. The van der Waals surface area contributed by atoms with Gasteiger partial charge in [0, 0.05) is 16.8 Å². The van der Waals surface area contributed by atoms with Crippen molar-refractivity contribution in [2.75, 3.05) is 12.9 Å². The first-order valence-corrected chi connectivity index (χ1v) is 9.95. The summed E-state index contributed by atoms with van der Waals surface area (Å²) in [5.74, 6) is 1.67. The molecule has 0 unspecified atom stereocenters. The standard InChI is InChI=1S/C21H24N4O2S/c1-21(2,3)22-18(26)14-28-20-24-23-19(15-9-8-12-17(13-15)27-4)25(20)16-10-6-5-7-11-16/h5-13H,14H2,1-4H3,(H,22,26). The Kier molecular flexibility index (Phi) is 6.04. The SMILES string of the molecule is COc1cccc(-c2nnc(SCC(=O)NC(C)(C)C)n2-c2ccccc2)c1. The van der Waals surface area contributed by atoms with Crippen LogP contribution in [0, 0.1) is 0 Å². The molecule has 3 aromatic rings. The highest BCUT2D eigenvalue weighted by molar-refractivity contribution is 7.99. The number of benzene rings is 2. The number of aromatic nitrogens is 3. The normalized spacial score (nSPS) is 11.3. The molecule has 1 N–H and O–H groups in total. The van der Waals surface area contributed by atoms with Crippen molar-refractivity contribution >= 4 is 17.7 Å². The molecule has 3 rings (SSSR count). The summed E-state index contributed by atoms with van der Waals surface area (Å²) in [6, 6.07) is 17.6. The quantitative estimate of drug-likeness (QED) is 0.639.